The van der Waals surface area contributed by atoms with E-state index in [0.717, 1.165) is 0 Å². The number of ether oxygens (including phenoxy) is 2. The molecule has 1 aromatic rings. The van der Waals surface area contributed by atoms with Crippen molar-refractivity contribution in [3.05, 3.63) is 16.1 Å². The van der Waals surface area contributed by atoms with Gasteiger partial charge >= 0.3 is 5.97 Å². The van der Waals surface area contributed by atoms with Crippen molar-refractivity contribution in [3.63, 3.8) is 0 Å². The number of hydrogen-bond acceptors (Lipinski definition) is 5. The highest BCUT2D eigenvalue weighted by molar-refractivity contribution is 7.11. The van der Waals surface area contributed by atoms with Gasteiger partial charge in [0, 0.05) is 7.11 Å². The number of methoxy groups -OCH3 is 1. The molecule has 0 radical (unpaired) electrons. The Bertz CT molecular complexity index is 311. The minimum Gasteiger partial charge on any atom is -0.456 e. The third-order valence-electron chi connectivity index (χ3n) is 1.64. The van der Waals surface area contributed by atoms with E-state index in [0.29, 0.717) is 17.2 Å². The molecule has 1 atom stereocenters. The summed E-state index contributed by atoms with van der Waals surface area (Å²) in [6.45, 7) is 3.98. The minimum atomic E-state index is -0.324. The van der Waals surface area contributed by atoms with Crippen molar-refractivity contribution in [2.75, 3.05) is 13.7 Å². The molecule has 0 unspecified atom stereocenters. The smallest absolute Gasteiger partial charge is 0.350 e. The summed E-state index contributed by atoms with van der Waals surface area (Å²) in [5, 5.41) is 0. The van der Waals surface area contributed by atoms with Crippen molar-refractivity contribution >= 4 is 17.3 Å². The second kappa shape index (κ2) is 5.07. The molecule has 78 valence electrons. The lowest BCUT2D eigenvalue weighted by molar-refractivity contribution is 0.0124. The predicted molar refractivity (Wildman–Crippen MR) is 53.6 cm³/mol. The number of aromatic nitrogens is 1. The van der Waals surface area contributed by atoms with E-state index < -0.39 is 0 Å². The summed E-state index contributed by atoms with van der Waals surface area (Å²) in [6, 6.07) is 0. The zero-order chi connectivity index (χ0) is 10.6. The zero-order valence-electron chi connectivity index (χ0n) is 8.44. The molecule has 0 aliphatic rings. The molecule has 0 amide bonds. The highest BCUT2D eigenvalue weighted by Crippen LogP contribution is 2.14. The fraction of sp³-hybridized carbons (Fsp3) is 0.556. The number of thiazole rings is 1. The third-order valence-corrected chi connectivity index (χ3v) is 2.55. The van der Waals surface area contributed by atoms with Crippen LogP contribution in [0.1, 0.15) is 22.3 Å². The average Bonchev–Trinajstić information content (AvgIpc) is 2.51. The standard InChI is InChI=1S/C9H13NO3S/c1-6(4-12-3)13-9(11)8-7(2)10-5-14-8/h5-6H,4H2,1-3H3/t6-/m1/s1. The van der Waals surface area contributed by atoms with Crippen LogP contribution in [0.15, 0.2) is 5.51 Å². The van der Waals surface area contributed by atoms with Crippen LogP contribution in [0.25, 0.3) is 0 Å². The molecule has 0 saturated heterocycles. The maximum absolute atomic E-state index is 11.5. The zero-order valence-corrected chi connectivity index (χ0v) is 9.26. The Morgan fingerprint density at radius 3 is 2.93 bits per heavy atom. The summed E-state index contributed by atoms with van der Waals surface area (Å²) in [4.78, 5) is 16.0. The molecule has 0 fully saturated rings. The molecule has 0 bridgehead atoms. The van der Waals surface area contributed by atoms with Crippen molar-refractivity contribution in [2.24, 2.45) is 0 Å². The van der Waals surface area contributed by atoms with Gasteiger partial charge in [-0.05, 0) is 13.8 Å². The first-order valence-corrected chi connectivity index (χ1v) is 5.13. The summed E-state index contributed by atoms with van der Waals surface area (Å²) in [5.74, 6) is -0.324. The number of hydrogen-bond donors (Lipinski definition) is 0. The average molecular weight is 215 g/mol. The lowest BCUT2D eigenvalue weighted by Crippen LogP contribution is -2.19. The monoisotopic (exact) mass is 215 g/mol. The number of carbonyl (C=O) groups excluding carboxylic acids is 1. The maximum atomic E-state index is 11.5. The fourth-order valence-electron chi connectivity index (χ4n) is 1.00. The summed E-state index contributed by atoms with van der Waals surface area (Å²) >= 11 is 1.29. The van der Waals surface area contributed by atoms with Crippen LogP contribution >= 0.6 is 11.3 Å². The molecular formula is C9H13NO3S. The molecule has 0 aliphatic carbocycles. The fourth-order valence-corrected chi connectivity index (χ4v) is 1.69. The number of aryl methyl sites for hydroxylation is 1. The number of nitrogens with zero attached hydrogens (tertiary/aromatic N) is 1. The van der Waals surface area contributed by atoms with Gasteiger partial charge in [0.1, 0.15) is 11.0 Å². The lowest BCUT2D eigenvalue weighted by Gasteiger charge is -2.10. The van der Waals surface area contributed by atoms with Crippen molar-refractivity contribution < 1.29 is 14.3 Å². The summed E-state index contributed by atoms with van der Waals surface area (Å²) in [5.41, 5.74) is 2.34. The van der Waals surface area contributed by atoms with Gasteiger partial charge in [0.2, 0.25) is 0 Å². The van der Waals surface area contributed by atoms with Crippen LogP contribution < -0.4 is 0 Å². The Kier molecular flexibility index (Phi) is 4.03. The molecule has 1 rings (SSSR count). The van der Waals surface area contributed by atoms with E-state index >= 15 is 0 Å². The van der Waals surface area contributed by atoms with Gasteiger partial charge in [0.15, 0.2) is 0 Å². The van der Waals surface area contributed by atoms with E-state index in [1.807, 2.05) is 0 Å². The largest absolute Gasteiger partial charge is 0.456 e. The molecule has 0 aromatic carbocycles. The molecule has 0 aliphatic heterocycles. The molecule has 14 heavy (non-hydrogen) atoms. The first kappa shape index (κ1) is 11.1. The van der Waals surface area contributed by atoms with Gasteiger partial charge in [-0.1, -0.05) is 0 Å². The van der Waals surface area contributed by atoms with Crippen LogP contribution in [-0.2, 0) is 9.47 Å². The summed E-state index contributed by atoms with van der Waals surface area (Å²) in [7, 11) is 1.57. The number of rotatable bonds is 4. The van der Waals surface area contributed by atoms with Gasteiger partial charge in [-0.3, -0.25) is 0 Å². The third kappa shape index (κ3) is 2.78. The van der Waals surface area contributed by atoms with Crippen molar-refractivity contribution in [2.45, 2.75) is 20.0 Å². The number of carbonyl (C=O) groups is 1. The molecule has 1 heterocycles. The molecule has 0 saturated carbocycles. The molecule has 4 nitrogen and oxygen atoms in total. The molecule has 1 aromatic heterocycles. The quantitative estimate of drug-likeness (QED) is 0.716. The summed E-state index contributed by atoms with van der Waals surface area (Å²) < 4.78 is 9.99. The first-order valence-electron chi connectivity index (χ1n) is 4.25. The van der Waals surface area contributed by atoms with Crippen LogP contribution in [0.2, 0.25) is 0 Å². The van der Waals surface area contributed by atoms with E-state index in [9.17, 15) is 4.79 Å². The van der Waals surface area contributed by atoms with E-state index in [1.54, 1.807) is 26.5 Å². The lowest BCUT2D eigenvalue weighted by atomic mass is 10.4. The van der Waals surface area contributed by atoms with Crippen LogP contribution in [0, 0.1) is 6.92 Å². The normalized spacial score (nSPS) is 12.5. The maximum Gasteiger partial charge on any atom is 0.350 e. The molecule has 0 spiro atoms. The van der Waals surface area contributed by atoms with Gasteiger partial charge in [-0.25, -0.2) is 9.78 Å². The van der Waals surface area contributed by atoms with Gasteiger partial charge in [-0.2, -0.15) is 0 Å². The van der Waals surface area contributed by atoms with E-state index in [2.05, 4.69) is 4.98 Å². The van der Waals surface area contributed by atoms with Gasteiger partial charge in [0.25, 0.3) is 0 Å². The Morgan fingerprint density at radius 2 is 2.43 bits per heavy atom. The topological polar surface area (TPSA) is 48.4 Å². The molecular weight excluding hydrogens is 202 g/mol. The Morgan fingerprint density at radius 1 is 1.71 bits per heavy atom. The first-order chi connectivity index (χ1) is 6.65. The van der Waals surface area contributed by atoms with E-state index in [4.69, 9.17) is 9.47 Å². The van der Waals surface area contributed by atoms with Gasteiger partial charge < -0.3 is 9.47 Å². The highest BCUT2D eigenvalue weighted by atomic mass is 32.1. The predicted octanol–water partition coefficient (Wildman–Crippen LogP) is 1.64. The SMILES string of the molecule is COC[C@@H](C)OC(=O)c1scnc1C. The van der Waals surface area contributed by atoms with Crippen LogP contribution in [0.3, 0.4) is 0 Å². The summed E-state index contributed by atoms with van der Waals surface area (Å²) in [6.07, 6.45) is -0.228. The van der Waals surface area contributed by atoms with Gasteiger partial charge in [0.05, 0.1) is 17.8 Å². The second-order valence-electron chi connectivity index (χ2n) is 2.94. The van der Waals surface area contributed by atoms with Gasteiger partial charge in [-0.15, -0.1) is 11.3 Å². The Hall–Kier alpha value is -0.940. The van der Waals surface area contributed by atoms with Crippen molar-refractivity contribution in [3.8, 4) is 0 Å². The number of esters is 1. The van der Waals surface area contributed by atoms with Crippen molar-refractivity contribution in [1.29, 1.82) is 0 Å². The molecule has 5 heteroatoms. The Labute approximate surface area is 86.9 Å². The van der Waals surface area contributed by atoms with Crippen LogP contribution in [0.4, 0.5) is 0 Å². The van der Waals surface area contributed by atoms with E-state index in [1.165, 1.54) is 11.3 Å². The van der Waals surface area contributed by atoms with Crippen LogP contribution in [0.5, 0.6) is 0 Å². The van der Waals surface area contributed by atoms with E-state index in [-0.39, 0.29) is 12.1 Å². The molecule has 0 N–H and O–H groups in total. The van der Waals surface area contributed by atoms with Crippen molar-refractivity contribution in [1.82, 2.24) is 4.98 Å². The minimum absolute atomic E-state index is 0.228. The highest BCUT2D eigenvalue weighted by Gasteiger charge is 2.15. The Balaban J connectivity index is 2.55. The van der Waals surface area contributed by atoms with Crippen LogP contribution in [-0.4, -0.2) is 30.8 Å². The second-order valence-corrected chi connectivity index (χ2v) is 3.79.